The molecule has 2 aromatic heterocycles. The first-order valence-electron chi connectivity index (χ1n) is 7.52. The number of nitrogens with zero attached hydrogens (tertiary/aromatic N) is 5. The zero-order valence-electron chi connectivity index (χ0n) is 12.7. The number of hydrogen-bond acceptors (Lipinski definition) is 3. The lowest BCUT2D eigenvalue weighted by Crippen LogP contribution is -2.00. The van der Waals surface area contributed by atoms with Gasteiger partial charge in [0.2, 0.25) is 0 Å². The van der Waals surface area contributed by atoms with E-state index in [0.29, 0.717) is 11.6 Å². The molecule has 0 saturated carbocycles. The van der Waals surface area contributed by atoms with Gasteiger partial charge in [-0.25, -0.2) is 14.3 Å². The van der Waals surface area contributed by atoms with Crippen LogP contribution in [0.5, 0.6) is 0 Å². The first kappa shape index (κ1) is 14.7. The van der Waals surface area contributed by atoms with E-state index in [-0.39, 0.29) is 0 Å². The summed E-state index contributed by atoms with van der Waals surface area (Å²) in [4.78, 5) is 4.00. The van der Waals surface area contributed by atoms with Crippen molar-refractivity contribution in [3.63, 3.8) is 0 Å². The molecule has 0 fully saturated rings. The minimum Gasteiger partial charge on any atom is -0.248 e. The standard InChI is InChI=1S/C18H14ClN5/c19-16-8-6-14(7-9-16)18-15(10-23-13-20-12-21-23)11-24(22-18)17-4-2-1-3-5-17/h1-9,11-13H,10H2. The highest BCUT2D eigenvalue weighted by Crippen LogP contribution is 2.25. The summed E-state index contributed by atoms with van der Waals surface area (Å²) in [5, 5.41) is 9.67. The maximum atomic E-state index is 6.01. The van der Waals surface area contributed by atoms with Crippen molar-refractivity contribution in [3.05, 3.63) is 84.0 Å². The van der Waals surface area contributed by atoms with E-state index in [0.717, 1.165) is 22.5 Å². The van der Waals surface area contributed by atoms with Crippen LogP contribution in [-0.4, -0.2) is 24.5 Å². The van der Waals surface area contributed by atoms with Crippen LogP contribution in [0.2, 0.25) is 5.02 Å². The molecule has 5 nitrogen and oxygen atoms in total. The first-order valence-corrected chi connectivity index (χ1v) is 7.90. The van der Waals surface area contributed by atoms with Gasteiger partial charge in [0.05, 0.1) is 17.9 Å². The lowest BCUT2D eigenvalue weighted by molar-refractivity contribution is 0.685. The van der Waals surface area contributed by atoms with Gasteiger partial charge in [-0.1, -0.05) is 41.9 Å². The number of benzene rings is 2. The van der Waals surface area contributed by atoms with Gasteiger partial charge in [-0.3, -0.25) is 0 Å². The molecule has 0 bridgehead atoms. The molecule has 0 saturated heterocycles. The maximum absolute atomic E-state index is 6.01. The van der Waals surface area contributed by atoms with Gasteiger partial charge in [-0.2, -0.15) is 10.2 Å². The van der Waals surface area contributed by atoms with E-state index in [1.165, 1.54) is 6.33 Å². The van der Waals surface area contributed by atoms with Gasteiger partial charge in [0.15, 0.2) is 0 Å². The molecule has 4 rings (SSSR count). The molecule has 24 heavy (non-hydrogen) atoms. The zero-order chi connectivity index (χ0) is 16.4. The van der Waals surface area contributed by atoms with E-state index in [1.54, 1.807) is 11.0 Å². The Morgan fingerprint density at radius 1 is 0.958 bits per heavy atom. The van der Waals surface area contributed by atoms with Crippen LogP contribution in [0.1, 0.15) is 5.56 Å². The van der Waals surface area contributed by atoms with E-state index in [9.17, 15) is 0 Å². The van der Waals surface area contributed by atoms with Crippen LogP contribution in [0.25, 0.3) is 16.9 Å². The third-order valence-corrected chi connectivity index (χ3v) is 3.98. The van der Waals surface area contributed by atoms with Gasteiger partial charge in [-0.15, -0.1) is 0 Å². The molecule has 118 valence electrons. The van der Waals surface area contributed by atoms with Crippen molar-refractivity contribution in [1.82, 2.24) is 24.5 Å². The van der Waals surface area contributed by atoms with Crippen molar-refractivity contribution in [2.75, 3.05) is 0 Å². The second-order valence-corrected chi connectivity index (χ2v) is 5.82. The highest BCUT2D eigenvalue weighted by Gasteiger charge is 2.13. The van der Waals surface area contributed by atoms with E-state index in [1.807, 2.05) is 65.5 Å². The minimum absolute atomic E-state index is 0.602. The Bertz CT molecular complexity index is 927. The fourth-order valence-corrected chi connectivity index (χ4v) is 2.70. The van der Waals surface area contributed by atoms with Gasteiger partial charge in [0, 0.05) is 22.3 Å². The summed E-state index contributed by atoms with van der Waals surface area (Å²) >= 11 is 6.01. The quantitative estimate of drug-likeness (QED) is 0.569. The lowest BCUT2D eigenvalue weighted by atomic mass is 10.1. The van der Waals surface area contributed by atoms with Crippen molar-refractivity contribution in [1.29, 1.82) is 0 Å². The summed E-state index contributed by atoms with van der Waals surface area (Å²) in [6.45, 7) is 0.602. The second kappa shape index (κ2) is 6.29. The second-order valence-electron chi connectivity index (χ2n) is 5.38. The van der Waals surface area contributed by atoms with Crippen molar-refractivity contribution in [3.8, 4) is 16.9 Å². The summed E-state index contributed by atoms with van der Waals surface area (Å²) in [7, 11) is 0. The van der Waals surface area contributed by atoms with Crippen LogP contribution in [0.3, 0.4) is 0 Å². The average molecular weight is 336 g/mol. The van der Waals surface area contributed by atoms with Crippen molar-refractivity contribution < 1.29 is 0 Å². The van der Waals surface area contributed by atoms with Crippen LogP contribution >= 0.6 is 11.6 Å². The van der Waals surface area contributed by atoms with Gasteiger partial charge < -0.3 is 0 Å². The average Bonchev–Trinajstić information content (AvgIpc) is 3.27. The summed E-state index contributed by atoms with van der Waals surface area (Å²) in [5.74, 6) is 0. The molecule has 0 aliphatic heterocycles. The Kier molecular flexibility index (Phi) is 3.84. The van der Waals surface area contributed by atoms with E-state index < -0.39 is 0 Å². The Morgan fingerprint density at radius 3 is 2.46 bits per heavy atom. The van der Waals surface area contributed by atoms with Gasteiger partial charge in [0.25, 0.3) is 0 Å². The Labute approximate surface area is 144 Å². The molecule has 0 radical (unpaired) electrons. The highest BCUT2D eigenvalue weighted by molar-refractivity contribution is 6.30. The summed E-state index contributed by atoms with van der Waals surface area (Å²) in [5.41, 5.74) is 4.00. The molecule has 0 N–H and O–H groups in total. The molecule has 0 atom stereocenters. The monoisotopic (exact) mass is 335 g/mol. The number of hydrogen-bond donors (Lipinski definition) is 0. The van der Waals surface area contributed by atoms with Crippen LogP contribution in [0.4, 0.5) is 0 Å². The molecule has 0 spiro atoms. The van der Waals surface area contributed by atoms with Crippen molar-refractivity contribution in [2.45, 2.75) is 6.54 Å². The van der Waals surface area contributed by atoms with E-state index in [2.05, 4.69) is 10.1 Å². The Balaban J connectivity index is 1.80. The fraction of sp³-hybridized carbons (Fsp3) is 0.0556. The number of aromatic nitrogens is 5. The van der Waals surface area contributed by atoms with E-state index >= 15 is 0 Å². The van der Waals surface area contributed by atoms with Crippen LogP contribution in [0.15, 0.2) is 73.4 Å². The summed E-state index contributed by atoms with van der Waals surface area (Å²) in [6.07, 6.45) is 5.26. The summed E-state index contributed by atoms with van der Waals surface area (Å²) in [6, 6.07) is 17.7. The van der Waals surface area contributed by atoms with Gasteiger partial charge in [-0.05, 0) is 24.3 Å². The highest BCUT2D eigenvalue weighted by atomic mass is 35.5. The molecule has 4 aromatic rings. The number of halogens is 1. The van der Waals surface area contributed by atoms with Crippen LogP contribution in [-0.2, 0) is 6.54 Å². The molecule has 0 aliphatic rings. The van der Waals surface area contributed by atoms with Gasteiger partial charge in [0.1, 0.15) is 12.7 Å². The third kappa shape index (κ3) is 2.94. The SMILES string of the molecule is Clc1ccc(-c2nn(-c3ccccc3)cc2Cn2cncn2)cc1. The Hall–Kier alpha value is -2.92. The zero-order valence-corrected chi connectivity index (χ0v) is 13.5. The topological polar surface area (TPSA) is 48.5 Å². The first-order chi connectivity index (χ1) is 11.8. The molecule has 0 amide bonds. The Morgan fingerprint density at radius 2 is 1.75 bits per heavy atom. The summed E-state index contributed by atoms with van der Waals surface area (Å²) < 4.78 is 3.67. The largest absolute Gasteiger partial charge is 0.248 e. The normalized spacial score (nSPS) is 10.9. The van der Waals surface area contributed by atoms with Crippen LogP contribution < -0.4 is 0 Å². The molecule has 2 aromatic carbocycles. The number of rotatable bonds is 4. The molecule has 6 heteroatoms. The molecule has 2 heterocycles. The molecular formula is C18H14ClN5. The van der Waals surface area contributed by atoms with E-state index in [4.69, 9.17) is 16.7 Å². The third-order valence-electron chi connectivity index (χ3n) is 3.73. The smallest absolute Gasteiger partial charge is 0.137 e. The van der Waals surface area contributed by atoms with Gasteiger partial charge >= 0.3 is 0 Å². The maximum Gasteiger partial charge on any atom is 0.137 e. The minimum atomic E-state index is 0.602. The molecule has 0 aliphatic carbocycles. The predicted molar refractivity (Wildman–Crippen MR) is 93.1 cm³/mol. The predicted octanol–water partition coefficient (Wildman–Crippen LogP) is 3.83. The van der Waals surface area contributed by atoms with Crippen molar-refractivity contribution in [2.24, 2.45) is 0 Å². The lowest BCUT2D eigenvalue weighted by Gasteiger charge is -2.02. The fourth-order valence-electron chi connectivity index (χ4n) is 2.58. The molecular weight excluding hydrogens is 322 g/mol. The van der Waals surface area contributed by atoms with Crippen molar-refractivity contribution >= 4 is 11.6 Å². The molecule has 0 unspecified atom stereocenters. The number of para-hydroxylation sites is 1. The van der Waals surface area contributed by atoms with Crippen LogP contribution in [0, 0.1) is 0 Å².